The van der Waals surface area contributed by atoms with Crippen LogP contribution in [0.5, 0.6) is 0 Å². The fourth-order valence-corrected chi connectivity index (χ4v) is 0. The Labute approximate surface area is 60.1 Å². The summed E-state index contributed by atoms with van der Waals surface area (Å²) in [4.78, 5) is 25.6. The topological polar surface area (TPSA) is 86.2 Å². The van der Waals surface area contributed by atoms with Crippen molar-refractivity contribution in [1.82, 2.24) is 0 Å². The van der Waals surface area contributed by atoms with Gasteiger partial charge in [0.2, 0.25) is 0 Å². The summed E-state index contributed by atoms with van der Waals surface area (Å²) in [5, 5.41) is 0. The van der Waals surface area contributed by atoms with Gasteiger partial charge in [-0.15, -0.1) is 0 Å². The molecule has 0 N–H and O–H groups in total. The van der Waals surface area contributed by atoms with Gasteiger partial charge in [0, 0.05) is 0 Å². The van der Waals surface area contributed by atoms with Crippen molar-refractivity contribution in [1.29, 1.82) is 0 Å². The monoisotopic (exact) mass is 171 g/mol. The van der Waals surface area contributed by atoms with Crippen LogP contribution in [0.25, 0.3) is 0 Å². The molecule has 7 heavy (non-hydrogen) atoms. The Morgan fingerprint density at radius 1 is 1.14 bits per heavy atom. The van der Waals surface area contributed by atoms with Crippen LogP contribution in [0.3, 0.4) is 0 Å². The van der Waals surface area contributed by atoms with E-state index in [-0.39, 0.29) is 32.7 Å². The molecule has 0 heterocycles. The van der Waals surface area contributed by atoms with E-state index in [9.17, 15) is 0 Å². The third-order valence-corrected chi connectivity index (χ3v) is 0. The molecule has 0 fully saturated rings. The van der Waals surface area contributed by atoms with E-state index in [1.54, 1.807) is 0 Å². The van der Waals surface area contributed by atoms with E-state index >= 15 is 0 Å². The molecule has 0 radical (unpaired) electrons. The van der Waals surface area contributed by atoms with E-state index in [4.69, 9.17) is 19.2 Å². The summed E-state index contributed by atoms with van der Waals surface area (Å²) in [7, 11) is -5.39. The van der Waals surface area contributed by atoms with Crippen molar-refractivity contribution in [2.45, 2.75) is 0 Å². The van der Waals surface area contributed by atoms with Crippen LogP contribution >= 0.6 is 7.82 Å². The molecule has 7 heteroatoms. The Kier molecular flexibility index (Phi) is 11.6. The summed E-state index contributed by atoms with van der Waals surface area (Å²) in [6.45, 7) is 0. The number of rotatable bonds is 0. The van der Waals surface area contributed by atoms with Crippen molar-refractivity contribution in [3.05, 3.63) is 0 Å². The molecule has 32 valence electrons. The second-order valence-corrected chi connectivity index (χ2v) is 1.34. The zero-order valence-electron chi connectivity index (χ0n) is 3.08. The first-order valence-corrected chi connectivity index (χ1v) is 2.19. The van der Waals surface area contributed by atoms with Crippen molar-refractivity contribution in [3.8, 4) is 0 Å². The summed E-state index contributed by atoms with van der Waals surface area (Å²) in [6.07, 6.45) is 0. The fourth-order valence-electron chi connectivity index (χ4n) is 0. The van der Waals surface area contributed by atoms with Crippen LogP contribution in [0.2, 0.25) is 0 Å². The number of phosphoric acid groups is 1. The fraction of sp³-hybridized carbons (Fsp3) is 0. The van der Waals surface area contributed by atoms with Gasteiger partial charge in [-0.1, -0.05) is 0 Å². The predicted molar refractivity (Wildman–Crippen MR) is 13.4 cm³/mol. The van der Waals surface area contributed by atoms with Gasteiger partial charge in [-0.05, 0) is 0 Å². The molecule has 0 unspecified atom stereocenters. The van der Waals surface area contributed by atoms with Crippen molar-refractivity contribution >= 4 is 18.8 Å². The Bertz CT molecular complexity index is 57.8. The van der Waals surface area contributed by atoms with Gasteiger partial charge in [-0.2, -0.15) is 7.82 Å². The van der Waals surface area contributed by atoms with Crippen LogP contribution in [0.4, 0.5) is 0 Å². The molecule has 4 nitrogen and oxygen atoms in total. The minimum absolute atomic E-state index is 0. The SMILES string of the molecule is O=P([O-])([O-])[O-].[Si+4].[Ti+4]. The van der Waals surface area contributed by atoms with E-state index in [0.717, 1.165) is 0 Å². The van der Waals surface area contributed by atoms with E-state index in [1.807, 2.05) is 0 Å². The Morgan fingerprint density at radius 3 is 1.14 bits per heavy atom. The van der Waals surface area contributed by atoms with Crippen molar-refractivity contribution in [2.24, 2.45) is 0 Å². The van der Waals surface area contributed by atoms with Crippen LogP contribution < -0.4 is 14.7 Å². The van der Waals surface area contributed by atoms with Crippen LogP contribution in [0, 0.1) is 0 Å². The minimum Gasteiger partial charge on any atom is -0.822 e. The number of hydrogen-bond donors (Lipinski definition) is 0. The zero-order valence-corrected chi connectivity index (χ0v) is 6.54. The molecule has 0 aromatic heterocycles. The van der Waals surface area contributed by atoms with Crippen LogP contribution in [0.1, 0.15) is 0 Å². The van der Waals surface area contributed by atoms with Crippen molar-refractivity contribution in [2.75, 3.05) is 0 Å². The standard InChI is InChI=1S/H3O4P.Si.Ti/c1-5(2,3)4;;/h(H3,1,2,3,4);;/q;2*+4/p-3. The van der Waals surface area contributed by atoms with Gasteiger partial charge in [0.05, 0.1) is 0 Å². The summed E-state index contributed by atoms with van der Waals surface area (Å²) >= 11 is 0. The molecule has 0 bridgehead atoms. The average Bonchev–Trinajstić information content (AvgIpc) is 0.722. The van der Waals surface area contributed by atoms with Crippen molar-refractivity contribution in [3.63, 3.8) is 0 Å². The van der Waals surface area contributed by atoms with Gasteiger partial charge in [-0.3, -0.25) is 0 Å². The summed E-state index contributed by atoms with van der Waals surface area (Å²) < 4.78 is 8.55. The molecule has 0 aliphatic rings. The first-order valence-electron chi connectivity index (χ1n) is 0.730. The molecular formula is O4PSiTi+5. The van der Waals surface area contributed by atoms with Crippen LogP contribution in [-0.4, -0.2) is 11.0 Å². The molecule has 0 saturated carbocycles. The van der Waals surface area contributed by atoms with Gasteiger partial charge in [-0.25, -0.2) is 0 Å². The Hall–Kier alpha value is 1.04. The maximum atomic E-state index is 8.55. The number of hydrogen-bond acceptors (Lipinski definition) is 4. The van der Waals surface area contributed by atoms with Gasteiger partial charge in [0.1, 0.15) is 0 Å². The average molecular weight is 171 g/mol. The molecule has 0 amide bonds. The maximum absolute atomic E-state index is 8.55. The molecule has 0 aliphatic heterocycles. The predicted octanol–water partition coefficient (Wildman–Crippen LogP) is -3.21. The van der Waals surface area contributed by atoms with E-state index in [0.29, 0.717) is 0 Å². The van der Waals surface area contributed by atoms with Gasteiger partial charge >= 0.3 is 32.7 Å². The quantitative estimate of drug-likeness (QED) is 0.283. The largest absolute Gasteiger partial charge is 4.00 e. The molecule has 0 aliphatic carbocycles. The smallest absolute Gasteiger partial charge is 0.822 e. The normalized spacial score (nSPS) is 8.43. The van der Waals surface area contributed by atoms with Crippen molar-refractivity contribution < 1.29 is 41.0 Å². The second kappa shape index (κ2) is 5.18. The third kappa shape index (κ3) is 165. The summed E-state index contributed by atoms with van der Waals surface area (Å²) in [5.74, 6) is 0. The van der Waals surface area contributed by atoms with E-state index < -0.39 is 7.82 Å². The zero-order chi connectivity index (χ0) is 4.50. The van der Waals surface area contributed by atoms with Crippen LogP contribution in [-0.2, 0) is 26.3 Å². The molecular weight excluding hydrogens is 171 g/mol. The first kappa shape index (κ1) is 15.7. The van der Waals surface area contributed by atoms with E-state index in [2.05, 4.69) is 0 Å². The summed E-state index contributed by atoms with van der Waals surface area (Å²) in [6, 6.07) is 0. The minimum atomic E-state index is -5.39. The van der Waals surface area contributed by atoms with E-state index in [1.165, 1.54) is 0 Å². The van der Waals surface area contributed by atoms with Gasteiger partial charge in [0.15, 0.2) is 0 Å². The van der Waals surface area contributed by atoms with Crippen LogP contribution in [0.15, 0.2) is 0 Å². The summed E-state index contributed by atoms with van der Waals surface area (Å²) in [5.41, 5.74) is 0. The Morgan fingerprint density at radius 2 is 1.14 bits per heavy atom. The maximum Gasteiger partial charge on any atom is 4.00 e. The Balaban J connectivity index is -0.0000000800. The van der Waals surface area contributed by atoms with Gasteiger partial charge < -0.3 is 19.2 Å². The van der Waals surface area contributed by atoms with Gasteiger partial charge in [0.25, 0.3) is 0 Å². The molecule has 0 atom stereocenters. The molecule has 0 aromatic rings. The molecule has 0 aromatic carbocycles. The molecule has 0 spiro atoms. The molecule has 0 saturated heterocycles. The first-order chi connectivity index (χ1) is 2.00. The second-order valence-electron chi connectivity index (χ2n) is 0.447. The third-order valence-electron chi connectivity index (χ3n) is 0. The molecule has 0 rings (SSSR count).